The van der Waals surface area contributed by atoms with Gasteiger partial charge in [-0.05, 0) is 131 Å². The molecule has 65 heavy (non-hydrogen) atoms. The Balaban J connectivity index is 1.21. The molecule has 0 saturated heterocycles. The molecule has 1 atom stereocenters. The average molecular weight is 845 g/mol. The normalized spacial score (nSPS) is 14.4. The van der Waals surface area contributed by atoms with Crippen LogP contribution >= 0.6 is 0 Å². The lowest BCUT2D eigenvalue weighted by molar-refractivity contribution is 0.664. The van der Waals surface area contributed by atoms with E-state index in [1.165, 1.54) is 66.0 Å². The maximum atomic E-state index is 6.87. The zero-order chi connectivity index (χ0) is 43.9. The molecule has 4 nitrogen and oxygen atoms in total. The highest BCUT2D eigenvalue weighted by molar-refractivity contribution is 6.30. The summed E-state index contributed by atoms with van der Waals surface area (Å²) in [7, 11) is 0. The van der Waals surface area contributed by atoms with Gasteiger partial charge in [0, 0.05) is 43.7 Å². The summed E-state index contributed by atoms with van der Waals surface area (Å²) in [5.41, 5.74) is 15.7. The van der Waals surface area contributed by atoms with Gasteiger partial charge in [0.1, 0.15) is 11.2 Å². The fourth-order valence-corrected chi connectivity index (χ4v) is 11.0. The molecule has 0 N–H and O–H groups in total. The molecule has 1 unspecified atom stereocenters. The zero-order valence-corrected chi connectivity index (χ0v) is 37.8. The minimum absolute atomic E-state index is 0.407. The number of hydrogen-bond donors (Lipinski definition) is 0. The van der Waals surface area contributed by atoms with Crippen LogP contribution in [0.15, 0.2) is 178 Å². The number of hydrogen-bond acceptors (Lipinski definition) is 4. The smallest absolute Gasteiger partial charge is 0.159 e. The lowest BCUT2D eigenvalue weighted by atomic mass is 9.85. The van der Waals surface area contributed by atoms with Crippen molar-refractivity contribution in [3.05, 3.63) is 186 Å². The Morgan fingerprint density at radius 3 is 1.52 bits per heavy atom. The number of furan rings is 2. The van der Waals surface area contributed by atoms with Crippen LogP contribution in [0.25, 0.3) is 76.2 Å². The van der Waals surface area contributed by atoms with Gasteiger partial charge in [0.25, 0.3) is 0 Å². The number of nitrogens with zero attached hydrogens (tertiary/aromatic N) is 2. The van der Waals surface area contributed by atoms with Crippen molar-refractivity contribution in [2.45, 2.75) is 66.7 Å². The van der Waals surface area contributed by atoms with E-state index >= 15 is 0 Å². The van der Waals surface area contributed by atoms with Crippen molar-refractivity contribution >= 4 is 105 Å². The Bertz CT molecular complexity index is 3730. The fourth-order valence-electron chi connectivity index (χ4n) is 11.0. The molecular weight excluding hydrogens is 793 g/mol. The van der Waals surface area contributed by atoms with Crippen molar-refractivity contribution in [1.29, 1.82) is 0 Å². The third kappa shape index (κ3) is 6.03. The molecule has 0 spiro atoms. The number of fused-ring (bicyclic) bond motifs is 6. The van der Waals surface area contributed by atoms with Gasteiger partial charge in [-0.3, -0.25) is 0 Å². The summed E-state index contributed by atoms with van der Waals surface area (Å²) in [4.78, 5) is 5.02. The second-order valence-corrected chi connectivity index (χ2v) is 18.2. The van der Waals surface area contributed by atoms with Gasteiger partial charge in [0.15, 0.2) is 11.2 Å². The summed E-state index contributed by atoms with van der Waals surface area (Å²) in [5.74, 6) is 0.407. The number of benzene rings is 9. The van der Waals surface area contributed by atoms with Gasteiger partial charge in [0.05, 0.1) is 22.7 Å². The van der Waals surface area contributed by atoms with Crippen LogP contribution in [0.2, 0.25) is 0 Å². The molecule has 9 aromatic carbocycles. The van der Waals surface area contributed by atoms with Crippen molar-refractivity contribution in [2.24, 2.45) is 5.92 Å². The first-order chi connectivity index (χ1) is 31.9. The Morgan fingerprint density at radius 2 is 0.954 bits per heavy atom. The highest BCUT2D eigenvalue weighted by atomic mass is 16.3. The SMILES string of the molecule is CCCc1cc(N(C2=C(C)C(C)CC=C2)c2cccc3c2oc2ccccc23)c2ccc3c(CCC)cc(N(c4ccccc4C)c4cccc5c4oc4ccccc45)c4ccc1c2c34. The van der Waals surface area contributed by atoms with Crippen LogP contribution in [-0.2, 0) is 12.8 Å². The topological polar surface area (TPSA) is 32.8 Å². The first-order valence-corrected chi connectivity index (χ1v) is 23.5. The second-order valence-electron chi connectivity index (χ2n) is 18.2. The second kappa shape index (κ2) is 15.5. The van der Waals surface area contributed by atoms with Crippen molar-refractivity contribution in [3.63, 3.8) is 0 Å². The third-order valence-electron chi connectivity index (χ3n) is 14.3. The molecule has 0 saturated carbocycles. The summed E-state index contributed by atoms with van der Waals surface area (Å²) in [6.07, 6.45) is 9.73. The van der Waals surface area contributed by atoms with E-state index in [4.69, 9.17) is 8.83 Å². The molecule has 318 valence electrons. The lowest BCUT2D eigenvalue weighted by Crippen LogP contribution is -2.21. The molecule has 2 aromatic heterocycles. The lowest BCUT2D eigenvalue weighted by Gasteiger charge is -2.33. The van der Waals surface area contributed by atoms with Crippen molar-refractivity contribution in [2.75, 3.05) is 9.80 Å². The molecule has 0 fully saturated rings. The number of rotatable bonds is 10. The molecule has 4 heteroatoms. The van der Waals surface area contributed by atoms with E-state index in [2.05, 4.69) is 202 Å². The van der Waals surface area contributed by atoms with Crippen LogP contribution in [0.1, 0.15) is 63.6 Å². The molecule has 1 aliphatic rings. The molecular formula is C61H52N2O2. The number of anilines is 5. The van der Waals surface area contributed by atoms with Crippen LogP contribution < -0.4 is 9.80 Å². The van der Waals surface area contributed by atoms with Gasteiger partial charge >= 0.3 is 0 Å². The summed E-state index contributed by atoms with van der Waals surface area (Å²) in [6, 6.07) is 53.5. The summed E-state index contributed by atoms with van der Waals surface area (Å²) >= 11 is 0. The Morgan fingerprint density at radius 1 is 0.477 bits per heavy atom. The molecule has 0 bridgehead atoms. The monoisotopic (exact) mass is 844 g/mol. The van der Waals surface area contributed by atoms with Gasteiger partial charge in [-0.25, -0.2) is 0 Å². The zero-order valence-electron chi connectivity index (χ0n) is 37.8. The van der Waals surface area contributed by atoms with E-state index in [-0.39, 0.29) is 0 Å². The van der Waals surface area contributed by atoms with Crippen LogP contribution in [0.3, 0.4) is 0 Å². The average Bonchev–Trinajstić information content (AvgIpc) is 3.91. The van der Waals surface area contributed by atoms with E-state index in [0.29, 0.717) is 5.92 Å². The van der Waals surface area contributed by atoms with Crippen molar-refractivity contribution in [1.82, 2.24) is 0 Å². The van der Waals surface area contributed by atoms with Crippen molar-refractivity contribution < 1.29 is 8.83 Å². The largest absolute Gasteiger partial charge is 0.454 e. The van der Waals surface area contributed by atoms with Gasteiger partial charge in [-0.2, -0.15) is 0 Å². The predicted molar refractivity (Wildman–Crippen MR) is 276 cm³/mol. The minimum atomic E-state index is 0.407. The van der Waals surface area contributed by atoms with Gasteiger partial charge < -0.3 is 18.6 Å². The van der Waals surface area contributed by atoms with Crippen LogP contribution in [0.5, 0.6) is 0 Å². The fraction of sp³-hybridized carbons (Fsp3) is 0.180. The predicted octanol–water partition coefficient (Wildman–Crippen LogP) is 18.1. The van der Waals surface area contributed by atoms with E-state index in [0.717, 1.165) is 98.7 Å². The summed E-state index contributed by atoms with van der Waals surface area (Å²) in [5, 5.41) is 12.3. The Hall–Kier alpha value is -7.30. The van der Waals surface area contributed by atoms with Crippen LogP contribution in [0.4, 0.5) is 28.4 Å². The molecule has 12 rings (SSSR count). The third-order valence-corrected chi connectivity index (χ3v) is 14.3. The standard InChI is InChI=1S/C61H52N2O2/c1-6-17-40-35-54(62(50-25-11-8-19-38(50)4)52-27-15-23-46-44-21-9-12-29-56(44)64-60(46)52)48-33-31-43-41(18-7-2)36-55(49-34-32-42(40)58(48)59(43)49)63(51-26-14-20-37(3)39(51)5)53-28-16-24-47-45-22-10-13-30-57(45)65-61(47)53/h8-16,19,21-37H,6-7,17-18,20H2,1-5H3. The van der Waals surface area contributed by atoms with E-state index in [9.17, 15) is 0 Å². The van der Waals surface area contributed by atoms with Gasteiger partial charge in [-0.15, -0.1) is 0 Å². The number of aryl methyl sites for hydroxylation is 3. The highest BCUT2D eigenvalue weighted by Gasteiger charge is 2.29. The summed E-state index contributed by atoms with van der Waals surface area (Å²) < 4.78 is 13.7. The van der Waals surface area contributed by atoms with Crippen LogP contribution in [0, 0.1) is 12.8 Å². The van der Waals surface area contributed by atoms with Crippen molar-refractivity contribution in [3.8, 4) is 0 Å². The Labute approximate surface area is 380 Å². The minimum Gasteiger partial charge on any atom is -0.454 e. The Kier molecular flexibility index (Phi) is 9.34. The first-order valence-electron chi connectivity index (χ1n) is 23.5. The van der Waals surface area contributed by atoms with Crippen LogP contribution in [-0.4, -0.2) is 0 Å². The molecule has 11 aromatic rings. The highest BCUT2D eigenvalue weighted by Crippen LogP contribution is 2.52. The molecule has 0 aliphatic heterocycles. The number of para-hydroxylation sites is 5. The van der Waals surface area contributed by atoms with E-state index in [1.54, 1.807) is 0 Å². The van der Waals surface area contributed by atoms with Gasteiger partial charge in [-0.1, -0.05) is 143 Å². The molecule has 0 amide bonds. The molecule has 0 radical (unpaired) electrons. The molecule has 1 aliphatic carbocycles. The quantitative estimate of drug-likeness (QED) is 0.128. The maximum Gasteiger partial charge on any atom is 0.159 e. The maximum absolute atomic E-state index is 6.87. The van der Waals surface area contributed by atoms with E-state index < -0.39 is 0 Å². The van der Waals surface area contributed by atoms with E-state index in [1.807, 2.05) is 0 Å². The molecule has 2 heterocycles. The first kappa shape index (κ1) is 39.3. The van der Waals surface area contributed by atoms with Gasteiger partial charge in [0.2, 0.25) is 0 Å². The summed E-state index contributed by atoms with van der Waals surface area (Å²) in [6.45, 7) is 11.5. The number of allylic oxidation sites excluding steroid dienone is 3.